The van der Waals surface area contributed by atoms with Crippen molar-refractivity contribution in [3.05, 3.63) is 176 Å². The smallest absolute Gasteiger partial charge is 0.248 e. The third-order valence-corrected chi connectivity index (χ3v) is 11.6. The maximum Gasteiger partial charge on any atom is 0.248 e. The van der Waals surface area contributed by atoms with E-state index in [9.17, 15) is 0 Å². The minimum Gasteiger partial charge on any atom is -0.436 e. The Morgan fingerprint density at radius 2 is 1.05 bits per heavy atom. The molecule has 8 aromatic carbocycles. The number of rotatable bonds is 3. The maximum atomic E-state index is 6.48. The minimum absolute atomic E-state index is 0.513. The molecule has 0 fully saturated rings. The molecule has 0 bridgehead atoms. The fourth-order valence-electron chi connectivity index (χ4n) is 9.40. The second-order valence-electron chi connectivity index (χ2n) is 14.5. The van der Waals surface area contributed by atoms with Crippen LogP contribution in [0.15, 0.2) is 180 Å². The van der Waals surface area contributed by atoms with Gasteiger partial charge in [-0.2, -0.15) is 4.98 Å². The van der Waals surface area contributed by atoms with Crippen molar-refractivity contribution >= 4 is 93.6 Å². The maximum absolute atomic E-state index is 6.48. The second kappa shape index (κ2) is 10.9. The Bertz CT molecular complexity index is 3600. The summed E-state index contributed by atoms with van der Waals surface area (Å²) in [7, 11) is 0. The standard InChI is InChI=1S/C50H29N5O/c1-3-16-30(17-4-1)44-49(52-50-45(51-44)35-23-10-14-29-41(35)56-50)55-37-25-11-9-22-34(37)42-32-20-7-8-21-33(32)47-43(48(42)55)36-24-15-28-40-46(36)54(47)39-27-13-12-26-38(39)53(40)31-18-5-2-6-19-31/h1-29H. The zero-order valence-electron chi connectivity index (χ0n) is 29.9. The molecule has 4 aromatic heterocycles. The quantitative estimate of drug-likeness (QED) is 0.183. The Hall–Kier alpha value is -7.70. The zero-order chi connectivity index (χ0) is 36.5. The molecule has 0 amide bonds. The topological polar surface area (TPSA) is 52.0 Å². The lowest BCUT2D eigenvalue weighted by Gasteiger charge is -2.33. The summed E-state index contributed by atoms with van der Waals surface area (Å²) >= 11 is 0. The molecule has 6 nitrogen and oxygen atoms in total. The molecule has 0 unspecified atom stereocenters. The monoisotopic (exact) mass is 715 g/mol. The number of nitrogens with zero attached hydrogens (tertiary/aromatic N) is 5. The fraction of sp³-hybridized carbons (Fsp3) is 0. The van der Waals surface area contributed by atoms with Crippen molar-refractivity contribution in [3.63, 3.8) is 0 Å². The van der Waals surface area contributed by atoms with E-state index in [4.69, 9.17) is 14.4 Å². The van der Waals surface area contributed by atoms with Gasteiger partial charge in [-0.1, -0.05) is 127 Å². The van der Waals surface area contributed by atoms with Gasteiger partial charge in [-0.15, -0.1) is 0 Å². The first-order valence-corrected chi connectivity index (χ1v) is 18.9. The van der Waals surface area contributed by atoms with Gasteiger partial charge in [0.25, 0.3) is 0 Å². The van der Waals surface area contributed by atoms with Crippen molar-refractivity contribution in [3.8, 4) is 22.8 Å². The number of aromatic nitrogens is 4. The Labute approximate surface area is 319 Å². The van der Waals surface area contributed by atoms with Gasteiger partial charge in [0.1, 0.15) is 16.8 Å². The molecule has 0 spiro atoms. The molecule has 6 heteroatoms. The number of hydrogen-bond donors (Lipinski definition) is 0. The van der Waals surface area contributed by atoms with Crippen molar-refractivity contribution in [2.75, 3.05) is 4.90 Å². The van der Waals surface area contributed by atoms with Gasteiger partial charge < -0.3 is 13.9 Å². The molecule has 56 heavy (non-hydrogen) atoms. The molecule has 0 saturated carbocycles. The number of benzene rings is 8. The summed E-state index contributed by atoms with van der Waals surface area (Å²) in [5.74, 6) is 0.726. The summed E-state index contributed by atoms with van der Waals surface area (Å²) in [6.07, 6.45) is 0. The zero-order valence-corrected chi connectivity index (χ0v) is 29.9. The van der Waals surface area contributed by atoms with E-state index in [0.717, 1.165) is 72.7 Å². The van der Waals surface area contributed by atoms with Crippen LogP contribution in [0.2, 0.25) is 0 Å². The minimum atomic E-state index is 0.513. The highest BCUT2D eigenvalue weighted by Crippen LogP contribution is 2.53. The van der Waals surface area contributed by atoms with Crippen LogP contribution in [0.25, 0.3) is 99.3 Å². The summed E-state index contributed by atoms with van der Waals surface area (Å²) in [5.41, 5.74) is 12.8. The lowest BCUT2D eigenvalue weighted by molar-refractivity contribution is 0.652. The van der Waals surface area contributed by atoms with Crippen molar-refractivity contribution in [1.29, 1.82) is 0 Å². The molecule has 1 aliphatic rings. The van der Waals surface area contributed by atoms with E-state index in [0.29, 0.717) is 5.71 Å². The van der Waals surface area contributed by atoms with Gasteiger partial charge in [0.2, 0.25) is 5.71 Å². The van der Waals surface area contributed by atoms with Gasteiger partial charge in [0.05, 0.1) is 39.1 Å². The normalized spacial score (nSPS) is 12.6. The summed E-state index contributed by atoms with van der Waals surface area (Å²) < 4.78 is 11.3. The van der Waals surface area contributed by atoms with Crippen LogP contribution in [0, 0.1) is 0 Å². The average Bonchev–Trinajstić information content (AvgIpc) is 3.93. The van der Waals surface area contributed by atoms with Crippen molar-refractivity contribution in [2.24, 2.45) is 0 Å². The first kappa shape index (κ1) is 29.7. The molecule has 13 rings (SSSR count). The van der Waals surface area contributed by atoms with E-state index in [1.54, 1.807) is 0 Å². The Kier molecular flexibility index (Phi) is 5.80. The molecule has 5 heterocycles. The van der Waals surface area contributed by atoms with Crippen LogP contribution in [0.3, 0.4) is 0 Å². The molecule has 12 aromatic rings. The first-order valence-electron chi connectivity index (χ1n) is 18.9. The fourth-order valence-corrected chi connectivity index (χ4v) is 9.40. The van der Waals surface area contributed by atoms with E-state index < -0.39 is 0 Å². The summed E-state index contributed by atoms with van der Waals surface area (Å²) in [4.78, 5) is 13.3. The predicted molar refractivity (Wildman–Crippen MR) is 229 cm³/mol. The Morgan fingerprint density at radius 1 is 0.411 bits per heavy atom. The van der Waals surface area contributed by atoms with Crippen molar-refractivity contribution in [1.82, 2.24) is 19.1 Å². The number of furan rings is 1. The summed E-state index contributed by atoms with van der Waals surface area (Å²) in [6, 6.07) is 62.3. The van der Waals surface area contributed by atoms with Crippen LogP contribution >= 0.6 is 0 Å². The molecule has 1 aliphatic heterocycles. The Morgan fingerprint density at radius 3 is 1.89 bits per heavy atom. The van der Waals surface area contributed by atoms with E-state index >= 15 is 0 Å². The molecular weight excluding hydrogens is 687 g/mol. The lowest BCUT2D eigenvalue weighted by atomic mass is 9.99. The largest absolute Gasteiger partial charge is 0.436 e. The molecule has 0 atom stereocenters. The molecule has 0 N–H and O–H groups in total. The number of anilines is 3. The first-order chi connectivity index (χ1) is 27.8. The van der Waals surface area contributed by atoms with Gasteiger partial charge in [-0.3, -0.25) is 4.57 Å². The number of fused-ring (bicyclic) bond motifs is 15. The molecule has 260 valence electrons. The van der Waals surface area contributed by atoms with Crippen LogP contribution in [0.4, 0.5) is 17.1 Å². The number of hydrogen-bond acceptors (Lipinski definition) is 4. The van der Waals surface area contributed by atoms with Crippen molar-refractivity contribution < 1.29 is 4.42 Å². The molecule has 0 saturated heterocycles. The van der Waals surface area contributed by atoms with Gasteiger partial charge in [-0.05, 0) is 53.9 Å². The SMILES string of the molecule is c1ccc(-c2nc3c(nc2-n2c4ccccc4c4c5ccccc5c5c(c6cccc7c6n5-c5ccccc5N7c5ccccc5)c42)oc2ccccc23)cc1. The van der Waals surface area contributed by atoms with Crippen LogP contribution in [0.1, 0.15) is 0 Å². The number of para-hydroxylation sites is 6. The van der Waals surface area contributed by atoms with E-state index in [1.165, 1.54) is 38.0 Å². The van der Waals surface area contributed by atoms with Gasteiger partial charge in [-0.25, -0.2) is 4.98 Å². The van der Waals surface area contributed by atoms with Gasteiger partial charge in [0.15, 0.2) is 5.82 Å². The third-order valence-electron chi connectivity index (χ3n) is 11.6. The van der Waals surface area contributed by atoms with Crippen LogP contribution in [-0.2, 0) is 0 Å². The van der Waals surface area contributed by atoms with E-state index in [2.05, 4.69) is 166 Å². The van der Waals surface area contributed by atoms with Crippen LogP contribution in [0.5, 0.6) is 0 Å². The predicted octanol–water partition coefficient (Wildman–Crippen LogP) is 13.2. The lowest BCUT2D eigenvalue weighted by Crippen LogP contribution is -2.17. The highest BCUT2D eigenvalue weighted by molar-refractivity contribution is 6.38. The molecular formula is C50H29N5O. The highest BCUT2D eigenvalue weighted by atomic mass is 16.3. The van der Waals surface area contributed by atoms with E-state index in [1.807, 2.05) is 24.3 Å². The average molecular weight is 716 g/mol. The molecule has 0 radical (unpaired) electrons. The third kappa shape index (κ3) is 3.79. The van der Waals surface area contributed by atoms with Gasteiger partial charge >= 0.3 is 0 Å². The Balaban J connectivity index is 1.29. The summed E-state index contributed by atoms with van der Waals surface area (Å²) in [5, 5.41) is 8.02. The van der Waals surface area contributed by atoms with Crippen molar-refractivity contribution in [2.45, 2.75) is 0 Å². The van der Waals surface area contributed by atoms with E-state index in [-0.39, 0.29) is 0 Å². The molecule has 0 aliphatic carbocycles. The van der Waals surface area contributed by atoms with Crippen LogP contribution in [-0.4, -0.2) is 19.1 Å². The van der Waals surface area contributed by atoms with Crippen LogP contribution < -0.4 is 4.90 Å². The highest BCUT2D eigenvalue weighted by Gasteiger charge is 2.32. The summed E-state index contributed by atoms with van der Waals surface area (Å²) in [6.45, 7) is 0. The second-order valence-corrected chi connectivity index (χ2v) is 14.5. The van der Waals surface area contributed by atoms with Gasteiger partial charge in [0, 0.05) is 43.6 Å².